The van der Waals surface area contributed by atoms with E-state index in [1.165, 1.54) is 6.07 Å². The third-order valence-corrected chi connectivity index (χ3v) is 4.22. The predicted octanol–water partition coefficient (Wildman–Crippen LogP) is 2.28. The van der Waals surface area contributed by atoms with Gasteiger partial charge in [-0.3, -0.25) is 4.79 Å². The van der Waals surface area contributed by atoms with Gasteiger partial charge in [0, 0.05) is 30.3 Å². The van der Waals surface area contributed by atoms with Crippen LogP contribution in [0.3, 0.4) is 0 Å². The van der Waals surface area contributed by atoms with Crippen LogP contribution in [0.5, 0.6) is 0 Å². The number of nitrogens with two attached hydrogens (primary N) is 1. The summed E-state index contributed by atoms with van der Waals surface area (Å²) < 4.78 is 21.1. The fourth-order valence-corrected chi connectivity index (χ4v) is 2.82. The molecule has 0 unspecified atom stereocenters. The van der Waals surface area contributed by atoms with Gasteiger partial charge < -0.3 is 29.7 Å². The topological polar surface area (TPSA) is 113 Å². The number of carbonyl (C=O) groups is 1. The lowest BCUT2D eigenvalue weighted by atomic mass is 10.0. The highest BCUT2D eigenvalue weighted by molar-refractivity contribution is 5.96. The first-order valence-corrected chi connectivity index (χ1v) is 9.68. The minimum atomic E-state index is -0.594. The lowest BCUT2D eigenvalue weighted by molar-refractivity contribution is -0.117. The summed E-state index contributed by atoms with van der Waals surface area (Å²) in [5.74, 6) is 0.0478. The molecule has 0 radical (unpaired) electrons. The molecule has 0 aliphatic heterocycles. The standard InChI is InChI=1S/C21H30N2O6/c1-14(2)10-18(22)21(25)23-16-4-5-17-15(11-20(24)29-19(17)12-16)13-28-9-8-27-7-6-26-3/h4-5,11-12,14,18H,6-10,13,22H2,1-3H3,(H,23,25)/t18-/m0/s1. The van der Waals surface area contributed by atoms with Crippen LogP contribution in [-0.4, -0.2) is 45.5 Å². The molecule has 0 spiro atoms. The third-order valence-electron chi connectivity index (χ3n) is 4.22. The molecule has 160 valence electrons. The molecule has 1 amide bonds. The Balaban J connectivity index is 2.02. The molecular weight excluding hydrogens is 376 g/mol. The molecule has 0 fully saturated rings. The van der Waals surface area contributed by atoms with Crippen molar-refractivity contribution < 1.29 is 23.4 Å². The van der Waals surface area contributed by atoms with E-state index in [4.69, 9.17) is 24.4 Å². The second-order valence-corrected chi connectivity index (χ2v) is 7.18. The van der Waals surface area contributed by atoms with Crippen molar-refractivity contribution >= 4 is 22.6 Å². The molecular formula is C21H30N2O6. The quantitative estimate of drug-likeness (QED) is 0.411. The molecule has 3 N–H and O–H groups in total. The van der Waals surface area contributed by atoms with E-state index in [0.29, 0.717) is 55.6 Å². The molecule has 1 aromatic carbocycles. The molecule has 29 heavy (non-hydrogen) atoms. The van der Waals surface area contributed by atoms with Crippen molar-refractivity contribution in [3.8, 4) is 0 Å². The highest BCUT2D eigenvalue weighted by atomic mass is 16.5. The minimum Gasteiger partial charge on any atom is -0.423 e. The molecule has 1 aromatic heterocycles. The summed E-state index contributed by atoms with van der Waals surface area (Å²) in [6.45, 7) is 6.14. The van der Waals surface area contributed by atoms with Crippen LogP contribution in [0.4, 0.5) is 5.69 Å². The summed E-state index contributed by atoms with van der Waals surface area (Å²) in [5, 5.41) is 3.52. The maximum Gasteiger partial charge on any atom is 0.336 e. The Bertz CT molecular complexity index is 849. The zero-order chi connectivity index (χ0) is 21.2. The predicted molar refractivity (Wildman–Crippen MR) is 111 cm³/mol. The van der Waals surface area contributed by atoms with Crippen LogP contribution in [0.25, 0.3) is 11.0 Å². The maximum atomic E-state index is 12.2. The highest BCUT2D eigenvalue weighted by Gasteiger charge is 2.16. The zero-order valence-corrected chi connectivity index (χ0v) is 17.2. The van der Waals surface area contributed by atoms with Crippen molar-refractivity contribution in [2.45, 2.75) is 32.9 Å². The van der Waals surface area contributed by atoms with Crippen LogP contribution in [0.15, 0.2) is 33.5 Å². The van der Waals surface area contributed by atoms with Gasteiger partial charge in [0.05, 0.1) is 39.1 Å². The Labute approximate surface area is 170 Å². The smallest absolute Gasteiger partial charge is 0.336 e. The second kappa shape index (κ2) is 11.7. The van der Waals surface area contributed by atoms with Gasteiger partial charge >= 0.3 is 5.63 Å². The molecule has 0 aliphatic carbocycles. The fourth-order valence-electron chi connectivity index (χ4n) is 2.82. The number of amides is 1. The molecule has 0 aliphatic rings. The van der Waals surface area contributed by atoms with Crippen LogP contribution < -0.4 is 16.7 Å². The largest absolute Gasteiger partial charge is 0.423 e. The number of benzene rings is 1. The van der Waals surface area contributed by atoms with Gasteiger partial charge in [-0.05, 0) is 30.0 Å². The Morgan fingerprint density at radius 3 is 2.59 bits per heavy atom. The first-order chi connectivity index (χ1) is 13.9. The highest BCUT2D eigenvalue weighted by Crippen LogP contribution is 2.22. The molecule has 1 atom stereocenters. The molecule has 8 heteroatoms. The first-order valence-electron chi connectivity index (χ1n) is 9.68. The van der Waals surface area contributed by atoms with E-state index in [1.54, 1.807) is 25.3 Å². The van der Waals surface area contributed by atoms with E-state index in [9.17, 15) is 9.59 Å². The van der Waals surface area contributed by atoms with Crippen molar-refractivity contribution in [3.05, 3.63) is 40.2 Å². The number of carbonyl (C=O) groups excluding carboxylic acids is 1. The van der Waals surface area contributed by atoms with Crippen LogP contribution in [0.2, 0.25) is 0 Å². The fraction of sp³-hybridized carbons (Fsp3) is 0.524. The first kappa shape index (κ1) is 23.0. The number of hydrogen-bond donors (Lipinski definition) is 2. The van der Waals surface area contributed by atoms with Gasteiger partial charge in [0.15, 0.2) is 0 Å². The van der Waals surface area contributed by atoms with Crippen molar-refractivity contribution in [2.24, 2.45) is 11.7 Å². The van der Waals surface area contributed by atoms with E-state index >= 15 is 0 Å². The Morgan fingerprint density at radius 1 is 1.14 bits per heavy atom. The third kappa shape index (κ3) is 7.58. The normalized spacial score (nSPS) is 12.4. The van der Waals surface area contributed by atoms with Crippen molar-refractivity contribution in [3.63, 3.8) is 0 Å². The maximum absolute atomic E-state index is 12.2. The van der Waals surface area contributed by atoms with E-state index < -0.39 is 11.7 Å². The summed E-state index contributed by atoms with van der Waals surface area (Å²) in [5.41, 5.74) is 7.05. The van der Waals surface area contributed by atoms with Crippen LogP contribution >= 0.6 is 0 Å². The average molecular weight is 406 g/mol. The zero-order valence-electron chi connectivity index (χ0n) is 17.2. The number of fused-ring (bicyclic) bond motifs is 1. The average Bonchev–Trinajstić information content (AvgIpc) is 2.66. The molecule has 2 aromatic rings. The number of hydrogen-bond acceptors (Lipinski definition) is 7. The number of methoxy groups -OCH3 is 1. The Morgan fingerprint density at radius 2 is 1.86 bits per heavy atom. The summed E-state index contributed by atoms with van der Waals surface area (Å²) in [6, 6.07) is 5.97. The lowest BCUT2D eigenvalue weighted by Gasteiger charge is -2.14. The minimum absolute atomic E-state index is 0.251. The van der Waals surface area contributed by atoms with Gasteiger partial charge in [-0.2, -0.15) is 0 Å². The Kier molecular flexibility index (Phi) is 9.27. The van der Waals surface area contributed by atoms with Gasteiger partial charge in [-0.25, -0.2) is 4.79 Å². The molecule has 8 nitrogen and oxygen atoms in total. The van der Waals surface area contributed by atoms with Crippen LogP contribution in [0.1, 0.15) is 25.8 Å². The van der Waals surface area contributed by atoms with E-state index in [2.05, 4.69) is 5.32 Å². The van der Waals surface area contributed by atoms with Gasteiger partial charge in [-0.1, -0.05) is 13.8 Å². The number of anilines is 1. The summed E-state index contributed by atoms with van der Waals surface area (Å²) in [6.07, 6.45) is 0.588. The molecule has 0 saturated carbocycles. The monoisotopic (exact) mass is 406 g/mol. The van der Waals surface area contributed by atoms with Gasteiger partial charge in [0.2, 0.25) is 5.91 Å². The van der Waals surface area contributed by atoms with Crippen LogP contribution in [-0.2, 0) is 25.6 Å². The van der Waals surface area contributed by atoms with E-state index in [-0.39, 0.29) is 12.5 Å². The second-order valence-electron chi connectivity index (χ2n) is 7.18. The molecule has 0 bridgehead atoms. The van der Waals surface area contributed by atoms with E-state index in [1.807, 2.05) is 13.8 Å². The lowest BCUT2D eigenvalue weighted by Crippen LogP contribution is -2.36. The van der Waals surface area contributed by atoms with Crippen molar-refractivity contribution in [1.82, 2.24) is 0 Å². The molecule has 1 heterocycles. The van der Waals surface area contributed by atoms with E-state index in [0.717, 1.165) is 5.39 Å². The van der Waals surface area contributed by atoms with Gasteiger partial charge in [0.25, 0.3) is 0 Å². The van der Waals surface area contributed by atoms with Crippen molar-refractivity contribution in [2.75, 3.05) is 38.9 Å². The van der Waals surface area contributed by atoms with Gasteiger partial charge in [-0.15, -0.1) is 0 Å². The Hall–Kier alpha value is -2.26. The molecule has 2 rings (SSSR count). The number of nitrogens with one attached hydrogen (secondary N) is 1. The van der Waals surface area contributed by atoms with Crippen molar-refractivity contribution in [1.29, 1.82) is 0 Å². The SMILES string of the molecule is COCCOCCOCc1cc(=O)oc2cc(NC(=O)[C@@H](N)CC(C)C)ccc12. The van der Waals surface area contributed by atoms with Crippen LogP contribution in [0, 0.1) is 5.92 Å². The molecule has 0 saturated heterocycles. The summed E-state index contributed by atoms with van der Waals surface area (Å²) in [4.78, 5) is 24.1. The van der Waals surface area contributed by atoms with Gasteiger partial charge in [0.1, 0.15) is 5.58 Å². The number of ether oxygens (including phenoxy) is 3. The number of rotatable bonds is 12. The summed E-state index contributed by atoms with van der Waals surface area (Å²) in [7, 11) is 1.61. The summed E-state index contributed by atoms with van der Waals surface area (Å²) >= 11 is 0.